The van der Waals surface area contributed by atoms with Crippen LogP contribution in [-0.4, -0.2) is 31.3 Å². The van der Waals surface area contributed by atoms with Crippen LogP contribution in [0.3, 0.4) is 0 Å². The van der Waals surface area contributed by atoms with E-state index in [1.807, 2.05) is 13.8 Å². The Hall–Kier alpha value is -1.62. The van der Waals surface area contributed by atoms with Crippen LogP contribution in [0.2, 0.25) is 0 Å². The Bertz CT molecular complexity index is 446. The first-order valence-electron chi connectivity index (χ1n) is 6.12. The zero-order valence-electron chi connectivity index (χ0n) is 11.5. The van der Waals surface area contributed by atoms with Gasteiger partial charge in [-0.15, -0.1) is 0 Å². The second-order valence-electron chi connectivity index (χ2n) is 5.17. The molecular formula is C14H20FNO3. The molecule has 0 aromatic heterocycles. The fourth-order valence-corrected chi connectivity index (χ4v) is 1.62. The van der Waals surface area contributed by atoms with Crippen LogP contribution < -0.4 is 10.1 Å². The number of hydrogen-bond acceptors (Lipinski definition) is 3. The van der Waals surface area contributed by atoms with E-state index in [0.717, 1.165) is 6.07 Å². The van der Waals surface area contributed by atoms with Gasteiger partial charge in [0.25, 0.3) is 5.91 Å². The minimum atomic E-state index is -0.565. The van der Waals surface area contributed by atoms with E-state index in [1.54, 1.807) is 0 Å². The van der Waals surface area contributed by atoms with Crippen molar-refractivity contribution in [2.24, 2.45) is 5.41 Å². The highest BCUT2D eigenvalue weighted by Gasteiger charge is 2.19. The number of nitrogens with one attached hydrogen (secondary N) is 1. The molecule has 19 heavy (non-hydrogen) atoms. The molecule has 0 aliphatic heterocycles. The second kappa shape index (κ2) is 6.52. The monoisotopic (exact) mass is 269 g/mol. The van der Waals surface area contributed by atoms with Crippen molar-refractivity contribution in [1.29, 1.82) is 0 Å². The topological polar surface area (TPSA) is 58.6 Å². The van der Waals surface area contributed by atoms with Gasteiger partial charge < -0.3 is 15.2 Å². The first-order valence-corrected chi connectivity index (χ1v) is 6.12. The smallest absolute Gasteiger partial charge is 0.251 e. The van der Waals surface area contributed by atoms with Crippen LogP contribution in [0, 0.1) is 11.2 Å². The van der Waals surface area contributed by atoms with Crippen molar-refractivity contribution >= 4 is 5.91 Å². The molecule has 0 fully saturated rings. The first kappa shape index (κ1) is 15.4. The lowest BCUT2D eigenvalue weighted by Crippen LogP contribution is -2.34. The van der Waals surface area contributed by atoms with Crippen molar-refractivity contribution < 1.29 is 19.0 Å². The normalized spacial score (nSPS) is 11.2. The number of aliphatic hydroxyl groups is 1. The number of amides is 1. The summed E-state index contributed by atoms with van der Waals surface area (Å²) in [6, 6.07) is 4.08. The third kappa shape index (κ3) is 4.52. The summed E-state index contributed by atoms with van der Waals surface area (Å²) in [5.74, 6) is -0.797. The van der Waals surface area contributed by atoms with Gasteiger partial charge in [-0.3, -0.25) is 4.79 Å². The number of benzene rings is 1. The Kier molecular flexibility index (Phi) is 5.30. The average molecular weight is 269 g/mol. The molecule has 1 amide bonds. The van der Waals surface area contributed by atoms with Gasteiger partial charge in [0, 0.05) is 18.7 Å². The molecule has 2 N–H and O–H groups in total. The Morgan fingerprint density at radius 2 is 2.16 bits per heavy atom. The number of aliphatic hydroxyl groups excluding tert-OH is 1. The fourth-order valence-electron chi connectivity index (χ4n) is 1.62. The molecule has 0 spiro atoms. The Morgan fingerprint density at radius 3 is 2.68 bits per heavy atom. The Morgan fingerprint density at radius 1 is 1.47 bits per heavy atom. The predicted octanol–water partition coefficient (Wildman–Crippen LogP) is 1.97. The van der Waals surface area contributed by atoms with E-state index in [2.05, 4.69) is 5.32 Å². The summed E-state index contributed by atoms with van der Waals surface area (Å²) in [5.41, 5.74) is 0.0493. The fraction of sp³-hybridized carbons (Fsp3) is 0.500. The number of halogens is 1. The van der Waals surface area contributed by atoms with Gasteiger partial charge in [0.05, 0.1) is 7.11 Å². The highest BCUT2D eigenvalue weighted by molar-refractivity contribution is 5.94. The molecule has 0 atom stereocenters. The summed E-state index contributed by atoms with van der Waals surface area (Å²) >= 11 is 0. The third-order valence-corrected chi connectivity index (χ3v) is 2.93. The second-order valence-corrected chi connectivity index (χ2v) is 5.17. The average Bonchev–Trinajstić information content (AvgIpc) is 2.36. The van der Waals surface area contributed by atoms with E-state index in [0.29, 0.717) is 13.0 Å². The lowest BCUT2D eigenvalue weighted by atomic mass is 9.89. The van der Waals surface area contributed by atoms with Gasteiger partial charge in [-0.25, -0.2) is 4.39 Å². The number of carbonyl (C=O) groups is 1. The summed E-state index contributed by atoms with van der Waals surface area (Å²) in [4.78, 5) is 11.9. The summed E-state index contributed by atoms with van der Waals surface area (Å²) in [5, 5.41) is 11.6. The highest BCUT2D eigenvalue weighted by Crippen LogP contribution is 2.20. The van der Waals surface area contributed by atoms with E-state index < -0.39 is 5.82 Å². The molecule has 0 unspecified atom stereocenters. The van der Waals surface area contributed by atoms with Crippen LogP contribution in [0.4, 0.5) is 4.39 Å². The van der Waals surface area contributed by atoms with Gasteiger partial charge in [-0.05, 0) is 30.0 Å². The molecule has 0 bridgehead atoms. The Balaban J connectivity index is 2.66. The summed E-state index contributed by atoms with van der Waals surface area (Å²) in [6.07, 6.45) is 0.588. The summed E-state index contributed by atoms with van der Waals surface area (Å²) in [6.45, 7) is 4.37. The maximum Gasteiger partial charge on any atom is 0.251 e. The maximum absolute atomic E-state index is 13.5. The number of rotatable bonds is 6. The van der Waals surface area contributed by atoms with Gasteiger partial charge in [0.1, 0.15) is 0 Å². The van der Waals surface area contributed by atoms with Crippen molar-refractivity contribution in [1.82, 2.24) is 5.32 Å². The molecular weight excluding hydrogens is 249 g/mol. The molecule has 1 rings (SSSR count). The van der Waals surface area contributed by atoms with Crippen LogP contribution in [0.15, 0.2) is 18.2 Å². The summed E-state index contributed by atoms with van der Waals surface area (Å²) in [7, 11) is 1.37. The van der Waals surface area contributed by atoms with Crippen molar-refractivity contribution in [2.45, 2.75) is 20.3 Å². The van der Waals surface area contributed by atoms with Crippen LogP contribution in [-0.2, 0) is 0 Å². The number of hydrogen-bond donors (Lipinski definition) is 2. The van der Waals surface area contributed by atoms with Crippen molar-refractivity contribution in [3.63, 3.8) is 0 Å². The van der Waals surface area contributed by atoms with Gasteiger partial charge in [0.15, 0.2) is 11.6 Å². The van der Waals surface area contributed by atoms with E-state index in [-0.39, 0.29) is 29.2 Å². The standard InChI is InChI=1S/C14H20FNO3/c1-14(2,6-7-17)9-16-13(18)10-4-5-12(19-3)11(15)8-10/h4-5,8,17H,6-7,9H2,1-3H3,(H,16,18). The minimum absolute atomic E-state index is 0.0695. The minimum Gasteiger partial charge on any atom is -0.494 e. The molecule has 0 saturated heterocycles. The van der Waals surface area contributed by atoms with E-state index in [4.69, 9.17) is 9.84 Å². The Labute approximate surface area is 112 Å². The number of methoxy groups -OCH3 is 1. The lowest BCUT2D eigenvalue weighted by Gasteiger charge is -2.23. The largest absolute Gasteiger partial charge is 0.494 e. The quantitative estimate of drug-likeness (QED) is 0.830. The van der Waals surface area contributed by atoms with E-state index >= 15 is 0 Å². The van der Waals surface area contributed by atoms with Gasteiger partial charge >= 0.3 is 0 Å². The van der Waals surface area contributed by atoms with Crippen molar-refractivity contribution in [2.75, 3.05) is 20.3 Å². The predicted molar refractivity (Wildman–Crippen MR) is 70.8 cm³/mol. The lowest BCUT2D eigenvalue weighted by molar-refractivity contribution is 0.0927. The molecule has 1 aromatic carbocycles. The summed E-state index contributed by atoms with van der Waals surface area (Å²) < 4.78 is 18.3. The molecule has 4 nitrogen and oxygen atoms in total. The number of carbonyl (C=O) groups excluding carboxylic acids is 1. The molecule has 0 aliphatic rings. The zero-order valence-corrected chi connectivity index (χ0v) is 11.5. The van der Waals surface area contributed by atoms with Gasteiger partial charge in [-0.2, -0.15) is 0 Å². The number of ether oxygens (including phenoxy) is 1. The van der Waals surface area contributed by atoms with Gasteiger partial charge in [-0.1, -0.05) is 13.8 Å². The molecule has 0 aliphatic carbocycles. The molecule has 0 heterocycles. The first-order chi connectivity index (χ1) is 8.89. The van der Waals surface area contributed by atoms with Crippen LogP contribution in [0.1, 0.15) is 30.6 Å². The van der Waals surface area contributed by atoms with Crippen molar-refractivity contribution in [3.05, 3.63) is 29.6 Å². The molecule has 0 radical (unpaired) electrons. The molecule has 106 valence electrons. The highest BCUT2D eigenvalue weighted by atomic mass is 19.1. The molecule has 0 saturated carbocycles. The van der Waals surface area contributed by atoms with E-state index in [1.165, 1.54) is 19.2 Å². The van der Waals surface area contributed by atoms with E-state index in [9.17, 15) is 9.18 Å². The SMILES string of the molecule is COc1ccc(C(=O)NCC(C)(C)CCO)cc1F. The van der Waals surface area contributed by atoms with Crippen molar-refractivity contribution in [3.8, 4) is 5.75 Å². The molecule has 5 heteroatoms. The van der Waals surface area contributed by atoms with Crippen LogP contribution in [0.5, 0.6) is 5.75 Å². The molecule has 1 aromatic rings. The maximum atomic E-state index is 13.5. The van der Waals surface area contributed by atoms with Crippen LogP contribution >= 0.6 is 0 Å². The van der Waals surface area contributed by atoms with Gasteiger partial charge in [0.2, 0.25) is 0 Å². The van der Waals surface area contributed by atoms with Crippen LogP contribution in [0.25, 0.3) is 0 Å². The third-order valence-electron chi connectivity index (χ3n) is 2.93. The zero-order chi connectivity index (χ0) is 14.5.